The van der Waals surface area contributed by atoms with Gasteiger partial charge in [0.25, 0.3) is 0 Å². The van der Waals surface area contributed by atoms with Gasteiger partial charge in [-0.2, -0.15) is 0 Å². The smallest absolute Gasteiger partial charge is 0.322 e. The van der Waals surface area contributed by atoms with Gasteiger partial charge in [0.15, 0.2) is 0 Å². The molecule has 1 aromatic heterocycles. The molecule has 24 heavy (non-hydrogen) atoms. The number of halogens is 1. The number of rotatable bonds is 5. The second kappa shape index (κ2) is 7.40. The fourth-order valence-electron chi connectivity index (χ4n) is 2.25. The Hall–Kier alpha value is -2.47. The lowest BCUT2D eigenvalue weighted by Gasteiger charge is -2.02. The summed E-state index contributed by atoms with van der Waals surface area (Å²) in [5.74, 6) is 0.169. The molecule has 0 aliphatic carbocycles. The SMILES string of the molecule is CCc1ccc(CC(=O)Nc2nnc(-c3cccc(Br)c3)o2)cc1. The molecule has 0 atom stereocenters. The topological polar surface area (TPSA) is 68.0 Å². The zero-order chi connectivity index (χ0) is 16.9. The Labute approximate surface area is 148 Å². The summed E-state index contributed by atoms with van der Waals surface area (Å²) in [4.78, 5) is 12.1. The molecule has 0 spiro atoms. The number of nitrogens with one attached hydrogen (secondary N) is 1. The van der Waals surface area contributed by atoms with Gasteiger partial charge in [-0.15, -0.1) is 5.10 Å². The maximum absolute atomic E-state index is 12.1. The Morgan fingerprint density at radius 3 is 2.58 bits per heavy atom. The number of carbonyl (C=O) groups excluding carboxylic acids is 1. The molecule has 5 nitrogen and oxygen atoms in total. The molecule has 0 radical (unpaired) electrons. The Morgan fingerprint density at radius 2 is 1.88 bits per heavy atom. The van der Waals surface area contributed by atoms with E-state index in [4.69, 9.17) is 4.42 Å². The van der Waals surface area contributed by atoms with E-state index >= 15 is 0 Å². The van der Waals surface area contributed by atoms with Crippen molar-refractivity contribution in [2.24, 2.45) is 0 Å². The van der Waals surface area contributed by atoms with Gasteiger partial charge >= 0.3 is 6.01 Å². The van der Waals surface area contributed by atoms with E-state index in [1.165, 1.54) is 5.56 Å². The summed E-state index contributed by atoms with van der Waals surface area (Å²) in [6, 6.07) is 15.6. The fourth-order valence-corrected chi connectivity index (χ4v) is 2.65. The third-order valence-corrected chi connectivity index (χ3v) is 4.03. The molecule has 1 N–H and O–H groups in total. The van der Waals surface area contributed by atoms with Crippen LogP contribution >= 0.6 is 15.9 Å². The maximum Gasteiger partial charge on any atom is 0.322 e. The van der Waals surface area contributed by atoms with Gasteiger partial charge in [0, 0.05) is 10.0 Å². The molecule has 3 aromatic rings. The first-order valence-corrected chi connectivity index (χ1v) is 8.40. The molecule has 0 bridgehead atoms. The Morgan fingerprint density at radius 1 is 1.12 bits per heavy atom. The standard InChI is InChI=1S/C18H16BrN3O2/c1-2-12-6-8-13(9-7-12)10-16(23)20-18-22-21-17(24-18)14-4-3-5-15(19)11-14/h3-9,11H,2,10H2,1H3,(H,20,22,23). The molecule has 0 saturated carbocycles. The van der Waals surface area contributed by atoms with Gasteiger partial charge in [-0.05, 0) is 35.7 Å². The summed E-state index contributed by atoms with van der Waals surface area (Å²) in [5, 5.41) is 10.5. The van der Waals surface area contributed by atoms with Crippen LogP contribution in [0.15, 0.2) is 57.4 Å². The van der Waals surface area contributed by atoms with E-state index in [9.17, 15) is 4.79 Å². The molecule has 0 saturated heterocycles. The second-order valence-corrected chi connectivity index (χ2v) is 6.23. The van der Waals surface area contributed by atoms with Crippen LogP contribution in [0.2, 0.25) is 0 Å². The summed E-state index contributed by atoms with van der Waals surface area (Å²) in [6.07, 6.45) is 1.24. The summed E-state index contributed by atoms with van der Waals surface area (Å²) in [5.41, 5.74) is 2.97. The molecular weight excluding hydrogens is 370 g/mol. The molecule has 0 fully saturated rings. The normalized spacial score (nSPS) is 10.6. The van der Waals surface area contributed by atoms with Crippen LogP contribution in [-0.4, -0.2) is 16.1 Å². The Kier molecular flexibility index (Phi) is 5.05. The molecule has 1 amide bonds. The lowest BCUT2D eigenvalue weighted by atomic mass is 10.1. The van der Waals surface area contributed by atoms with Crippen molar-refractivity contribution in [3.05, 3.63) is 64.1 Å². The number of hydrogen-bond donors (Lipinski definition) is 1. The Bertz CT molecular complexity index is 843. The zero-order valence-electron chi connectivity index (χ0n) is 13.1. The molecular formula is C18H16BrN3O2. The first kappa shape index (κ1) is 16.4. The second-order valence-electron chi connectivity index (χ2n) is 5.32. The number of carbonyl (C=O) groups is 1. The number of benzene rings is 2. The highest BCUT2D eigenvalue weighted by Crippen LogP contribution is 2.23. The molecule has 2 aromatic carbocycles. The molecule has 6 heteroatoms. The predicted molar refractivity (Wildman–Crippen MR) is 95.6 cm³/mol. The van der Waals surface area contributed by atoms with Gasteiger partial charge in [0.1, 0.15) is 0 Å². The van der Waals surface area contributed by atoms with E-state index in [1.54, 1.807) is 0 Å². The number of hydrogen-bond acceptors (Lipinski definition) is 4. The summed E-state index contributed by atoms with van der Waals surface area (Å²) in [6.45, 7) is 2.10. The van der Waals surface area contributed by atoms with Crippen molar-refractivity contribution in [1.29, 1.82) is 0 Å². The average molecular weight is 386 g/mol. The number of nitrogens with zero attached hydrogens (tertiary/aromatic N) is 2. The monoisotopic (exact) mass is 385 g/mol. The van der Waals surface area contributed by atoms with Crippen LogP contribution in [0.5, 0.6) is 0 Å². The van der Waals surface area contributed by atoms with E-state index in [0.717, 1.165) is 22.0 Å². The highest BCUT2D eigenvalue weighted by molar-refractivity contribution is 9.10. The van der Waals surface area contributed by atoms with Crippen LogP contribution in [0.3, 0.4) is 0 Å². The van der Waals surface area contributed by atoms with Gasteiger partial charge in [-0.1, -0.05) is 58.3 Å². The first-order chi connectivity index (χ1) is 11.6. The lowest BCUT2D eigenvalue weighted by molar-refractivity contribution is -0.115. The number of aryl methyl sites for hydroxylation is 1. The van der Waals surface area contributed by atoms with E-state index in [2.05, 4.69) is 38.4 Å². The van der Waals surface area contributed by atoms with Crippen LogP contribution in [0.25, 0.3) is 11.5 Å². The molecule has 0 aliphatic rings. The van der Waals surface area contributed by atoms with E-state index in [1.807, 2.05) is 48.5 Å². The van der Waals surface area contributed by atoms with Crippen molar-refractivity contribution >= 4 is 27.9 Å². The van der Waals surface area contributed by atoms with Crippen molar-refractivity contribution in [3.8, 4) is 11.5 Å². The van der Waals surface area contributed by atoms with Gasteiger partial charge in [0.2, 0.25) is 11.8 Å². The number of anilines is 1. The highest BCUT2D eigenvalue weighted by Gasteiger charge is 2.12. The van der Waals surface area contributed by atoms with Gasteiger partial charge in [0.05, 0.1) is 6.42 Å². The van der Waals surface area contributed by atoms with Crippen molar-refractivity contribution in [3.63, 3.8) is 0 Å². The minimum Gasteiger partial charge on any atom is -0.403 e. The van der Waals surface area contributed by atoms with Crippen LogP contribution in [0, 0.1) is 0 Å². The molecule has 0 aliphatic heterocycles. The van der Waals surface area contributed by atoms with Crippen molar-refractivity contribution in [2.45, 2.75) is 19.8 Å². The largest absolute Gasteiger partial charge is 0.403 e. The lowest BCUT2D eigenvalue weighted by Crippen LogP contribution is -2.14. The maximum atomic E-state index is 12.1. The van der Waals surface area contributed by atoms with Crippen LogP contribution in [-0.2, 0) is 17.6 Å². The van der Waals surface area contributed by atoms with E-state index in [-0.39, 0.29) is 18.3 Å². The third kappa shape index (κ3) is 4.08. The average Bonchev–Trinajstić information content (AvgIpc) is 3.04. The summed E-state index contributed by atoms with van der Waals surface area (Å²) < 4.78 is 6.41. The summed E-state index contributed by atoms with van der Waals surface area (Å²) in [7, 11) is 0. The molecule has 3 rings (SSSR count). The molecule has 1 heterocycles. The predicted octanol–water partition coefficient (Wildman–Crippen LogP) is 4.24. The summed E-state index contributed by atoms with van der Waals surface area (Å²) >= 11 is 3.39. The minimum absolute atomic E-state index is 0.0974. The van der Waals surface area contributed by atoms with E-state index < -0.39 is 0 Å². The van der Waals surface area contributed by atoms with Crippen molar-refractivity contribution in [1.82, 2.24) is 10.2 Å². The minimum atomic E-state index is -0.191. The zero-order valence-corrected chi connectivity index (χ0v) is 14.7. The fraction of sp³-hybridized carbons (Fsp3) is 0.167. The van der Waals surface area contributed by atoms with Gasteiger partial charge < -0.3 is 4.42 Å². The quantitative estimate of drug-likeness (QED) is 0.712. The Balaban J connectivity index is 1.64. The van der Waals surface area contributed by atoms with Gasteiger partial charge in [-0.25, -0.2) is 0 Å². The number of amides is 1. The first-order valence-electron chi connectivity index (χ1n) is 7.61. The van der Waals surface area contributed by atoms with E-state index in [0.29, 0.717) is 5.89 Å². The van der Waals surface area contributed by atoms with Crippen LogP contribution in [0.1, 0.15) is 18.1 Å². The van der Waals surface area contributed by atoms with Crippen LogP contribution < -0.4 is 5.32 Å². The third-order valence-electron chi connectivity index (χ3n) is 3.54. The van der Waals surface area contributed by atoms with Crippen LogP contribution in [0.4, 0.5) is 6.01 Å². The van der Waals surface area contributed by atoms with Crippen molar-refractivity contribution < 1.29 is 9.21 Å². The van der Waals surface area contributed by atoms with Crippen molar-refractivity contribution in [2.75, 3.05) is 5.32 Å². The number of aromatic nitrogens is 2. The molecule has 122 valence electrons. The molecule has 0 unspecified atom stereocenters. The highest BCUT2D eigenvalue weighted by atomic mass is 79.9. The van der Waals surface area contributed by atoms with Gasteiger partial charge in [-0.3, -0.25) is 10.1 Å².